The molecule has 20 heteroatoms. The lowest BCUT2D eigenvalue weighted by Gasteiger charge is -2.45. The molecular formula is C100H167N2O17P. The van der Waals surface area contributed by atoms with Gasteiger partial charge in [-0.05, 0) is 81.2 Å². The number of carbonyl (C=O) groups excluding carboxylic acids is 6. The summed E-state index contributed by atoms with van der Waals surface area (Å²) in [6.45, 7) is 12.0. The summed E-state index contributed by atoms with van der Waals surface area (Å²) < 4.78 is 74.7. The molecule has 120 heavy (non-hydrogen) atoms. The van der Waals surface area contributed by atoms with Crippen LogP contribution < -0.4 is 19.7 Å². The quantitative estimate of drug-likeness (QED) is 0.0206. The zero-order valence-electron chi connectivity index (χ0n) is 75.9. The summed E-state index contributed by atoms with van der Waals surface area (Å²) in [6, 6.07) is 23.6. The van der Waals surface area contributed by atoms with Crippen LogP contribution in [0.15, 0.2) is 91.0 Å². The predicted molar refractivity (Wildman–Crippen MR) is 484 cm³/mol. The highest BCUT2D eigenvalue weighted by Gasteiger charge is 2.54. The average Bonchev–Trinajstić information content (AvgIpc) is 0.771. The molecule has 0 spiro atoms. The fourth-order valence-corrected chi connectivity index (χ4v) is 17.3. The first kappa shape index (κ1) is 107. The van der Waals surface area contributed by atoms with Gasteiger partial charge in [-0.2, -0.15) is 0 Å². The number of amides is 2. The number of hydrogen-bond acceptors (Lipinski definition) is 17. The highest BCUT2D eigenvalue weighted by molar-refractivity contribution is 7.49. The minimum absolute atomic E-state index is 0.0465. The molecule has 19 nitrogen and oxygen atoms in total. The number of benzene rings is 3. The molecule has 3 aromatic carbocycles. The van der Waals surface area contributed by atoms with Crippen LogP contribution in [-0.4, -0.2) is 109 Å². The van der Waals surface area contributed by atoms with Gasteiger partial charge in [0.1, 0.15) is 47.7 Å². The lowest BCUT2D eigenvalue weighted by atomic mass is 9.90. The molecule has 3 aromatic rings. The van der Waals surface area contributed by atoms with Crippen molar-refractivity contribution in [3.8, 4) is 11.5 Å². The highest BCUT2D eigenvalue weighted by Crippen LogP contribution is 2.53. The number of carbonyl (C=O) groups is 6. The van der Waals surface area contributed by atoms with E-state index in [1.54, 1.807) is 60.7 Å². The first-order valence-corrected chi connectivity index (χ1v) is 50.1. The molecule has 0 bridgehead atoms. The maximum Gasteiger partial charge on any atom is 0.588 e. The maximum atomic E-state index is 15.9. The molecule has 684 valence electrons. The zero-order chi connectivity index (χ0) is 86.4. The van der Waals surface area contributed by atoms with Crippen LogP contribution in [0.5, 0.6) is 11.5 Å². The standard InChI is InChI=1S/C100H167N2O17P/c1-7-13-19-25-31-34-40-43-54-66-84(90(104)73-61-46-37-28-22-16-10-4)76-96(109)116-99-97(102-93(106)78-89(72-56-45-42-36-33-27-21-15-9-3)114-95(108)75-63-48-39-30-24-18-12-6)100(115-91(79-103)98(99)119-120(110,117-86-67-57-50-58-68-86)118-87-69-59-51-60-70-87)112-82-85(81-111-80-83-64-52-49-53-65-83)101-92(105)77-88(71-55-44-41-35-32-26-20-14-8-2)113-94(107)74-62-47-38-29-23-17-11-5/h49-53,57-60,64-65,67-70,84-85,88-89,91,97-100,103H,7-48,54-56,61-63,66,71-82H2,1-6H3,(H,101,105)(H,102,106)/t84-,85+,88-,89-,91-,97-,98-,99-,100-/m1/s1. The summed E-state index contributed by atoms with van der Waals surface area (Å²) in [5.74, 6) is -3.24. The number of Topliss-reactive ketones (excluding diaryl/α,β-unsaturated/α-hetero) is 1. The number of aliphatic hydroxyl groups is 1. The first-order valence-electron chi connectivity index (χ1n) is 48.6. The van der Waals surface area contributed by atoms with Gasteiger partial charge in [0.2, 0.25) is 11.8 Å². The van der Waals surface area contributed by atoms with E-state index in [9.17, 15) is 24.3 Å². The molecule has 4 rings (SSSR count). The van der Waals surface area contributed by atoms with Crippen LogP contribution in [0.3, 0.4) is 0 Å². The van der Waals surface area contributed by atoms with E-state index in [0.717, 1.165) is 179 Å². The van der Waals surface area contributed by atoms with Gasteiger partial charge in [0, 0.05) is 25.2 Å². The Kier molecular flexibility index (Phi) is 63.6. The topological polar surface area (TPSA) is 247 Å². The second-order valence-corrected chi connectivity index (χ2v) is 35.6. The number of ketones is 1. The first-order chi connectivity index (χ1) is 58.7. The highest BCUT2D eigenvalue weighted by atomic mass is 31.2. The minimum Gasteiger partial charge on any atom is -0.462 e. The number of aliphatic hydroxyl groups excluding tert-OH is 1. The summed E-state index contributed by atoms with van der Waals surface area (Å²) in [6.07, 6.45) is 43.2. The molecule has 1 heterocycles. The van der Waals surface area contributed by atoms with Crippen molar-refractivity contribution in [1.82, 2.24) is 10.6 Å². The number of ether oxygens (including phenoxy) is 6. The predicted octanol–water partition coefficient (Wildman–Crippen LogP) is 25.8. The number of rotatable bonds is 80. The smallest absolute Gasteiger partial charge is 0.462 e. The van der Waals surface area contributed by atoms with E-state index in [4.69, 9.17) is 42.0 Å². The Morgan fingerprint density at radius 3 is 1.18 bits per heavy atom. The van der Waals surface area contributed by atoms with E-state index < -0.39 is 93.0 Å². The van der Waals surface area contributed by atoms with Gasteiger partial charge < -0.3 is 53.2 Å². The Hall–Kier alpha value is -5.69. The number of esters is 3. The number of nitrogens with one attached hydrogen (secondary N) is 2. The van der Waals surface area contributed by atoms with Gasteiger partial charge in [0.15, 0.2) is 12.4 Å². The molecule has 2 amide bonds. The van der Waals surface area contributed by atoms with E-state index in [1.807, 2.05) is 30.3 Å². The normalized spacial score (nSPS) is 16.4. The Morgan fingerprint density at radius 1 is 0.408 bits per heavy atom. The van der Waals surface area contributed by atoms with Crippen LogP contribution in [0.25, 0.3) is 0 Å². The summed E-state index contributed by atoms with van der Waals surface area (Å²) in [4.78, 5) is 88.6. The second-order valence-electron chi connectivity index (χ2n) is 34.2. The molecule has 1 fully saturated rings. The number of phosphoric acid groups is 1. The van der Waals surface area contributed by atoms with Crippen molar-refractivity contribution in [3.05, 3.63) is 96.6 Å². The second kappa shape index (κ2) is 71.6. The van der Waals surface area contributed by atoms with E-state index >= 15 is 14.2 Å². The molecule has 0 radical (unpaired) electrons. The van der Waals surface area contributed by atoms with Gasteiger partial charge in [-0.3, -0.25) is 33.3 Å². The average molecular weight is 1700 g/mol. The Labute approximate surface area is 727 Å². The SMILES string of the molecule is CCCCCCCCCCC[C@H](CC(=O)N[C@@H](COCc1ccccc1)CO[C@@H]1O[C@H](CO)[C@@H](OP(=O)(Oc2ccccc2)Oc2ccccc2)[C@H](OC(=O)C[C@@H](CCCCCCCCCCC)C(=O)CCCCCCCCC)[C@H]1NC(=O)C[C@@H](CCCCCCCCCCC)OC(=O)CCCCCCCCC)OC(=O)CCCCCCCCC. The molecule has 1 aliphatic heterocycles. The van der Waals surface area contributed by atoms with Crippen molar-refractivity contribution >= 4 is 43.3 Å². The summed E-state index contributed by atoms with van der Waals surface area (Å²) in [5, 5.41) is 18.1. The summed E-state index contributed by atoms with van der Waals surface area (Å²) in [5.41, 5.74) is 0.872. The maximum absolute atomic E-state index is 15.9. The molecule has 1 saturated heterocycles. The van der Waals surface area contributed by atoms with Crippen LogP contribution in [0.1, 0.15) is 413 Å². The number of hydrogen-bond donors (Lipinski definition) is 3. The van der Waals surface area contributed by atoms with Crippen LogP contribution in [0.4, 0.5) is 0 Å². The van der Waals surface area contributed by atoms with Gasteiger partial charge in [0.05, 0.1) is 51.7 Å². The summed E-state index contributed by atoms with van der Waals surface area (Å²) in [7, 11) is -5.01. The van der Waals surface area contributed by atoms with E-state index in [0.29, 0.717) is 51.4 Å². The van der Waals surface area contributed by atoms with E-state index in [2.05, 4.69) is 52.2 Å². The third-order valence-electron chi connectivity index (χ3n) is 23.1. The minimum atomic E-state index is -5.01. The van der Waals surface area contributed by atoms with E-state index in [1.165, 1.54) is 103 Å². The van der Waals surface area contributed by atoms with Crippen LogP contribution >= 0.6 is 7.82 Å². The molecule has 3 N–H and O–H groups in total. The lowest BCUT2D eigenvalue weighted by molar-refractivity contribution is -0.272. The fraction of sp³-hybridized carbons (Fsp3) is 0.760. The van der Waals surface area contributed by atoms with Gasteiger partial charge in [-0.25, -0.2) is 4.57 Å². The van der Waals surface area contributed by atoms with Gasteiger partial charge >= 0.3 is 25.7 Å². The molecule has 0 aromatic heterocycles. The van der Waals surface area contributed by atoms with Crippen LogP contribution in [-0.2, 0) is 72.9 Å². The van der Waals surface area contributed by atoms with Gasteiger partial charge in [0.25, 0.3) is 0 Å². The van der Waals surface area contributed by atoms with Crippen molar-refractivity contribution in [2.45, 2.75) is 463 Å². The Bertz CT molecular complexity index is 3010. The van der Waals surface area contributed by atoms with Gasteiger partial charge in [-0.1, -0.05) is 384 Å². The molecule has 0 saturated carbocycles. The third kappa shape index (κ3) is 52.8. The monoisotopic (exact) mass is 1700 g/mol. The fourth-order valence-electron chi connectivity index (χ4n) is 15.9. The molecule has 0 aliphatic carbocycles. The largest absolute Gasteiger partial charge is 0.588 e. The van der Waals surface area contributed by atoms with Crippen LogP contribution in [0, 0.1) is 5.92 Å². The third-order valence-corrected chi connectivity index (χ3v) is 24.4. The van der Waals surface area contributed by atoms with Crippen molar-refractivity contribution in [2.75, 3.05) is 19.8 Å². The van der Waals surface area contributed by atoms with Gasteiger partial charge in [-0.15, -0.1) is 0 Å². The zero-order valence-corrected chi connectivity index (χ0v) is 76.8. The number of unbranched alkanes of at least 4 members (excludes halogenated alkanes) is 42. The molecular weight excluding hydrogens is 1530 g/mol. The van der Waals surface area contributed by atoms with E-state index in [-0.39, 0.29) is 81.6 Å². The van der Waals surface area contributed by atoms with Crippen LogP contribution in [0.2, 0.25) is 0 Å². The number of para-hydroxylation sites is 2. The number of phosphoric ester groups is 1. The van der Waals surface area contributed by atoms with Crippen molar-refractivity contribution in [1.29, 1.82) is 0 Å². The molecule has 1 aliphatic rings. The molecule has 0 unspecified atom stereocenters. The summed E-state index contributed by atoms with van der Waals surface area (Å²) >= 11 is 0. The van der Waals surface area contributed by atoms with Crippen molar-refractivity contribution < 1.29 is 80.4 Å². The molecule has 9 atom stereocenters. The Morgan fingerprint density at radius 2 is 0.775 bits per heavy atom. The van der Waals surface area contributed by atoms with Crippen molar-refractivity contribution in [2.24, 2.45) is 5.92 Å². The van der Waals surface area contributed by atoms with Crippen molar-refractivity contribution in [3.63, 3.8) is 0 Å². The Balaban J connectivity index is 1.90. The lowest BCUT2D eigenvalue weighted by Crippen LogP contribution is -2.66.